The SMILES string of the molecule is CCN1CCN(c2nc(N)c([N+](=O)[O-])c(Nc3ccccc3F)n2)CC1. The maximum atomic E-state index is 13.9. The molecule has 10 heteroatoms. The number of nitrogens with zero attached hydrogens (tertiary/aromatic N) is 5. The van der Waals surface area contributed by atoms with Crippen molar-refractivity contribution in [1.82, 2.24) is 14.9 Å². The highest BCUT2D eigenvalue weighted by Crippen LogP contribution is 2.33. The van der Waals surface area contributed by atoms with Gasteiger partial charge in [-0.15, -0.1) is 0 Å². The summed E-state index contributed by atoms with van der Waals surface area (Å²) in [7, 11) is 0. The fraction of sp³-hybridized carbons (Fsp3) is 0.375. The molecule has 0 unspecified atom stereocenters. The van der Waals surface area contributed by atoms with Crippen molar-refractivity contribution in [2.24, 2.45) is 0 Å². The Morgan fingerprint density at radius 3 is 2.58 bits per heavy atom. The molecule has 9 nitrogen and oxygen atoms in total. The predicted molar refractivity (Wildman–Crippen MR) is 97.1 cm³/mol. The van der Waals surface area contributed by atoms with Crippen LogP contribution in [0.4, 0.5) is 33.3 Å². The van der Waals surface area contributed by atoms with Crippen molar-refractivity contribution in [2.75, 3.05) is 48.7 Å². The zero-order valence-electron chi connectivity index (χ0n) is 14.4. The second kappa shape index (κ2) is 7.48. The van der Waals surface area contributed by atoms with Crippen LogP contribution in [0.25, 0.3) is 0 Å². The van der Waals surface area contributed by atoms with Crippen molar-refractivity contribution in [1.29, 1.82) is 0 Å². The Kier molecular flexibility index (Phi) is 5.12. The number of likely N-dealkylation sites (N-methyl/N-ethyl adjacent to an activating group) is 1. The van der Waals surface area contributed by atoms with E-state index >= 15 is 0 Å². The van der Waals surface area contributed by atoms with Crippen molar-refractivity contribution in [3.8, 4) is 0 Å². The third kappa shape index (κ3) is 3.64. The molecule has 1 fully saturated rings. The monoisotopic (exact) mass is 361 g/mol. The van der Waals surface area contributed by atoms with E-state index in [2.05, 4.69) is 27.1 Å². The molecule has 0 amide bonds. The van der Waals surface area contributed by atoms with Gasteiger partial charge in [0.2, 0.25) is 17.6 Å². The fourth-order valence-corrected chi connectivity index (χ4v) is 2.82. The number of rotatable bonds is 5. The van der Waals surface area contributed by atoms with Crippen LogP contribution in [0.15, 0.2) is 24.3 Å². The minimum Gasteiger partial charge on any atom is -0.378 e. The zero-order valence-corrected chi connectivity index (χ0v) is 14.4. The van der Waals surface area contributed by atoms with E-state index in [4.69, 9.17) is 5.73 Å². The average molecular weight is 361 g/mol. The molecule has 3 N–H and O–H groups in total. The van der Waals surface area contributed by atoms with E-state index in [0.717, 1.165) is 19.6 Å². The molecule has 2 heterocycles. The van der Waals surface area contributed by atoms with Crippen molar-refractivity contribution >= 4 is 29.0 Å². The summed E-state index contributed by atoms with van der Waals surface area (Å²) in [6.07, 6.45) is 0. The van der Waals surface area contributed by atoms with Crippen LogP contribution in [-0.4, -0.2) is 52.5 Å². The number of halogens is 1. The summed E-state index contributed by atoms with van der Waals surface area (Å²) in [5.74, 6) is -0.628. The van der Waals surface area contributed by atoms with Crippen LogP contribution < -0.4 is 16.0 Å². The van der Waals surface area contributed by atoms with E-state index in [-0.39, 0.29) is 17.3 Å². The average Bonchev–Trinajstić information content (AvgIpc) is 2.63. The Labute approximate surface area is 149 Å². The number of nitrogens with one attached hydrogen (secondary N) is 1. The van der Waals surface area contributed by atoms with E-state index in [1.54, 1.807) is 6.07 Å². The quantitative estimate of drug-likeness (QED) is 0.614. The Morgan fingerprint density at radius 2 is 1.96 bits per heavy atom. The third-order valence-corrected chi connectivity index (χ3v) is 4.31. The molecule has 3 rings (SSSR count). The summed E-state index contributed by atoms with van der Waals surface area (Å²) in [6.45, 7) is 6.09. The number of piperazine rings is 1. The standard InChI is InChI=1S/C16H20FN7O2/c1-2-22-7-9-23(10-8-22)16-20-14(18)13(24(25)26)15(21-16)19-12-6-4-3-5-11(12)17/h3-6H,2,7-10H2,1H3,(H3,18,19,20,21). The number of hydrogen-bond donors (Lipinski definition) is 2. The Hall–Kier alpha value is -3.01. The van der Waals surface area contributed by atoms with E-state index in [1.807, 2.05) is 4.90 Å². The molecule has 0 saturated carbocycles. The first-order chi connectivity index (χ1) is 12.5. The Bertz CT molecular complexity index is 809. The number of nitrogen functional groups attached to an aromatic ring is 1. The lowest BCUT2D eigenvalue weighted by molar-refractivity contribution is -0.383. The van der Waals surface area contributed by atoms with Gasteiger partial charge in [-0.2, -0.15) is 9.97 Å². The van der Waals surface area contributed by atoms with Gasteiger partial charge in [0.25, 0.3) is 0 Å². The van der Waals surface area contributed by atoms with Gasteiger partial charge in [-0.25, -0.2) is 4.39 Å². The van der Waals surface area contributed by atoms with Crippen molar-refractivity contribution in [3.63, 3.8) is 0 Å². The third-order valence-electron chi connectivity index (χ3n) is 4.31. The van der Waals surface area contributed by atoms with Gasteiger partial charge in [-0.05, 0) is 18.7 Å². The van der Waals surface area contributed by atoms with Gasteiger partial charge in [0.05, 0.1) is 10.6 Å². The minimum atomic E-state index is -0.669. The van der Waals surface area contributed by atoms with Crippen LogP contribution in [0.3, 0.4) is 0 Å². The molecule has 1 aliphatic rings. The van der Waals surface area contributed by atoms with Crippen LogP contribution in [-0.2, 0) is 0 Å². The molecule has 2 aromatic rings. The van der Waals surface area contributed by atoms with Crippen LogP contribution in [0.2, 0.25) is 0 Å². The number of anilines is 4. The molecular weight excluding hydrogens is 341 g/mol. The van der Waals surface area contributed by atoms with Gasteiger partial charge >= 0.3 is 5.69 Å². The van der Waals surface area contributed by atoms with E-state index in [9.17, 15) is 14.5 Å². The minimum absolute atomic E-state index is 0.0791. The fourth-order valence-electron chi connectivity index (χ4n) is 2.82. The molecule has 1 saturated heterocycles. The molecule has 0 atom stereocenters. The number of hydrogen-bond acceptors (Lipinski definition) is 8. The highest BCUT2D eigenvalue weighted by atomic mass is 19.1. The molecule has 26 heavy (non-hydrogen) atoms. The summed E-state index contributed by atoms with van der Waals surface area (Å²) in [5.41, 5.74) is 5.42. The highest BCUT2D eigenvalue weighted by molar-refractivity contribution is 5.74. The summed E-state index contributed by atoms with van der Waals surface area (Å²) in [5, 5.41) is 14.1. The maximum absolute atomic E-state index is 13.9. The first kappa shape index (κ1) is 17.8. The molecule has 1 aliphatic heterocycles. The number of aromatic nitrogens is 2. The number of nitro groups is 1. The molecule has 1 aromatic heterocycles. The predicted octanol–water partition coefficient (Wildman–Crippen LogP) is 1.99. The highest BCUT2D eigenvalue weighted by Gasteiger charge is 2.27. The van der Waals surface area contributed by atoms with Gasteiger partial charge in [-0.3, -0.25) is 10.1 Å². The second-order valence-electron chi connectivity index (χ2n) is 5.89. The van der Waals surface area contributed by atoms with Crippen LogP contribution in [0, 0.1) is 15.9 Å². The Balaban J connectivity index is 1.95. The van der Waals surface area contributed by atoms with Crippen LogP contribution in [0.1, 0.15) is 6.92 Å². The van der Waals surface area contributed by atoms with E-state index < -0.39 is 16.4 Å². The Morgan fingerprint density at radius 1 is 1.27 bits per heavy atom. The lowest BCUT2D eigenvalue weighted by Gasteiger charge is -2.34. The zero-order chi connectivity index (χ0) is 18.7. The smallest absolute Gasteiger partial charge is 0.353 e. The van der Waals surface area contributed by atoms with Crippen molar-refractivity contribution in [3.05, 3.63) is 40.2 Å². The van der Waals surface area contributed by atoms with Crippen molar-refractivity contribution in [2.45, 2.75) is 6.92 Å². The molecule has 0 aliphatic carbocycles. The van der Waals surface area contributed by atoms with E-state index in [1.165, 1.54) is 18.2 Å². The van der Waals surface area contributed by atoms with Gasteiger partial charge in [0.1, 0.15) is 5.82 Å². The molecule has 0 spiro atoms. The molecule has 138 valence electrons. The van der Waals surface area contributed by atoms with Gasteiger partial charge < -0.3 is 20.9 Å². The summed E-state index contributed by atoms with van der Waals surface area (Å²) >= 11 is 0. The number of benzene rings is 1. The lowest BCUT2D eigenvalue weighted by atomic mass is 10.3. The lowest BCUT2D eigenvalue weighted by Crippen LogP contribution is -2.46. The normalized spacial score (nSPS) is 15.1. The topological polar surface area (TPSA) is 113 Å². The molecule has 1 aromatic carbocycles. The molecule has 0 bridgehead atoms. The maximum Gasteiger partial charge on any atom is 0.353 e. The number of nitrogens with two attached hydrogens (primary N) is 1. The molecule has 0 radical (unpaired) electrons. The van der Waals surface area contributed by atoms with Gasteiger partial charge in [0.15, 0.2) is 0 Å². The number of para-hydroxylation sites is 1. The first-order valence-electron chi connectivity index (χ1n) is 8.30. The van der Waals surface area contributed by atoms with E-state index in [0.29, 0.717) is 19.0 Å². The van der Waals surface area contributed by atoms with Crippen molar-refractivity contribution < 1.29 is 9.31 Å². The summed E-state index contributed by atoms with van der Waals surface area (Å²) in [4.78, 5) is 23.3. The summed E-state index contributed by atoms with van der Waals surface area (Å²) < 4.78 is 13.9. The van der Waals surface area contributed by atoms with Crippen LogP contribution in [0.5, 0.6) is 0 Å². The van der Waals surface area contributed by atoms with Gasteiger partial charge in [0, 0.05) is 26.2 Å². The first-order valence-corrected chi connectivity index (χ1v) is 8.30. The second-order valence-corrected chi connectivity index (χ2v) is 5.89. The van der Waals surface area contributed by atoms with Gasteiger partial charge in [-0.1, -0.05) is 19.1 Å². The van der Waals surface area contributed by atoms with Crippen LogP contribution >= 0.6 is 0 Å². The largest absolute Gasteiger partial charge is 0.378 e. The summed E-state index contributed by atoms with van der Waals surface area (Å²) in [6, 6.07) is 5.87. The molecular formula is C16H20FN7O2.